The Morgan fingerprint density at radius 3 is 2.64 bits per heavy atom. The number of phenols is 1. The molecule has 28 heavy (non-hydrogen) atoms. The summed E-state index contributed by atoms with van der Waals surface area (Å²) in [6.45, 7) is 2.34. The molecule has 0 fully saturated rings. The molecule has 5 heteroatoms. The topological polar surface area (TPSA) is 67.8 Å². The maximum atomic E-state index is 12.4. The summed E-state index contributed by atoms with van der Waals surface area (Å²) in [5, 5.41) is 12.8. The van der Waals surface area contributed by atoms with Crippen LogP contribution in [0.3, 0.4) is 0 Å². The highest BCUT2D eigenvalue weighted by molar-refractivity contribution is 6.06. The van der Waals surface area contributed by atoms with E-state index >= 15 is 0 Å². The molecule has 0 saturated heterocycles. The van der Waals surface area contributed by atoms with Crippen LogP contribution in [-0.4, -0.2) is 24.7 Å². The van der Waals surface area contributed by atoms with Crippen LogP contribution in [0.1, 0.15) is 21.5 Å². The van der Waals surface area contributed by atoms with E-state index in [-0.39, 0.29) is 17.2 Å². The second kappa shape index (κ2) is 8.95. The quantitative estimate of drug-likeness (QED) is 0.632. The number of aryl methyl sites for hydroxylation is 1. The summed E-state index contributed by atoms with van der Waals surface area (Å²) in [5.41, 5.74) is 2.79. The molecule has 3 rings (SSSR count). The minimum atomic E-state index is -0.372. The van der Waals surface area contributed by atoms with Crippen molar-refractivity contribution in [1.82, 2.24) is 0 Å². The third-order valence-corrected chi connectivity index (χ3v) is 4.32. The van der Waals surface area contributed by atoms with Crippen LogP contribution in [0.4, 0.5) is 5.69 Å². The van der Waals surface area contributed by atoms with Crippen LogP contribution in [0.5, 0.6) is 17.2 Å². The molecule has 0 radical (unpaired) electrons. The number of rotatable bonds is 7. The van der Waals surface area contributed by atoms with Crippen molar-refractivity contribution in [2.75, 3.05) is 19.0 Å². The van der Waals surface area contributed by atoms with E-state index in [1.807, 2.05) is 43.3 Å². The number of anilines is 1. The Balaban J connectivity index is 1.61. The number of para-hydroxylation sites is 1. The number of carbonyl (C=O) groups is 1. The average Bonchev–Trinajstić information content (AvgIpc) is 2.68. The van der Waals surface area contributed by atoms with Gasteiger partial charge in [0.25, 0.3) is 5.91 Å². The molecule has 5 nitrogen and oxygen atoms in total. The van der Waals surface area contributed by atoms with Gasteiger partial charge in [-0.25, -0.2) is 0 Å². The van der Waals surface area contributed by atoms with E-state index in [9.17, 15) is 9.90 Å². The van der Waals surface area contributed by atoms with Gasteiger partial charge in [-0.15, -0.1) is 0 Å². The van der Waals surface area contributed by atoms with Crippen molar-refractivity contribution in [3.63, 3.8) is 0 Å². The van der Waals surface area contributed by atoms with Crippen molar-refractivity contribution in [3.05, 3.63) is 83.4 Å². The highest BCUT2D eigenvalue weighted by Gasteiger charge is 2.11. The molecule has 144 valence electrons. The lowest BCUT2D eigenvalue weighted by Gasteiger charge is -2.11. The van der Waals surface area contributed by atoms with Gasteiger partial charge in [-0.1, -0.05) is 30.3 Å². The zero-order chi connectivity index (χ0) is 19.9. The smallest absolute Gasteiger partial charge is 0.259 e. The van der Waals surface area contributed by atoms with E-state index in [2.05, 4.69) is 5.32 Å². The fraction of sp³-hybridized carbons (Fsp3) is 0.174. The fourth-order valence-electron chi connectivity index (χ4n) is 2.88. The summed E-state index contributed by atoms with van der Waals surface area (Å²) < 4.78 is 11.2. The van der Waals surface area contributed by atoms with E-state index in [1.54, 1.807) is 37.4 Å². The Hall–Kier alpha value is -3.47. The number of hydrogen-bond donors (Lipinski definition) is 2. The molecule has 0 aliphatic heterocycles. The number of aromatic hydroxyl groups is 1. The van der Waals surface area contributed by atoms with Gasteiger partial charge in [0.05, 0.1) is 19.3 Å². The van der Waals surface area contributed by atoms with E-state index in [0.717, 1.165) is 16.9 Å². The van der Waals surface area contributed by atoms with Gasteiger partial charge in [0.2, 0.25) is 0 Å². The maximum Gasteiger partial charge on any atom is 0.259 e. The second-order valence-electron chi connectivity index (χ2n) is 6.41. The molecule has 0 saturated carbocycles. The minimum absolute atomic E-state index is 0.0401. The van der Waals surface area contributed by atoms with Crippen molar-refractivity contribution in [3.8, 4) is 17.2 Å². The molecular weight excluding hydrogens is 354 g/mol. The molecule has 0 aliphatic carbocycles. The number of phenolic OH excluding ortho intramolecular Hbond substituents is 1. The Bertz CT molecular complexity index is 968. The first kappa shape index (κ1) is 19.3. The molecule has 0 spiro atoms. The van der Waals surface area contributed by atoms with E-state index in [4.69, 9.17) is 9.47 Å². The highest BCUT2D eigenvalue weighted by Crippen LogP contribution is 2.23. The number of carbonyl (C=O) groups excluding carboxylic acids is 1. The van der Waals surface area contributed by atoms with Gasteiger partial charge in [-0.3, -0.25) is 4.79 Å². The van der Waals surface area contributed by atoms with Crippen LogP contribution >= 0.6 is 0 Å². The lowest BCUT2D eigenvalue weighted by Crippen LogP contribution is -2.12. The number of benzene rings is 3. The van der Waals surface area contributed by atoms with Gasteiger partial charge in [0.1, 0.15) is 17.2 Å². The van der Waals surface area contributed by atoms with E-state index < -0.39 is 0 Å². The molecule has 3 aromatic rings. The standard InChI is InChI=1S/C23H23NO4/c1-16-10-11-20(21(25)14-16)23(26)24-18-7-5-8-19(15-18)28-13-12-17-6-3-4-9-22(17)27-2/h3-11,14-15,25H,12-13H2,1-2H3,(H,24,26). The number of hydrogen-bond acceptors (Lipinski definition) is 4. The molecule has 0 bridgehead atoms. The Labute approximate surface area is 164 Å². The van der Waals surface area contributed by atoms with Crippen LogP contribution in [0.2, 0.25) is 0 Å². The molecule has 0 atom stereocenters. The predicted molar refractivity (Wildman–Crippen MR) is 109 cm³/mol. The lowest BCUT2D eigenvalue weighted by atomic mass is 10.1. The van der Waals surface area contributed by atoms with Crippen molar-refractivity contribution in [2.24, 2.45) is 0 Å². The number of nitrogens with one attached hydrogen (secondary N) is 1. The summed E-state index contributed by atoms with van der Waals surface area (Å²) in [7, 11) is 1.65. The van der Waals surface area contributed by atoms with Crippen LogP contribution in [0.15, 0.2) is 66.7 Å². The summed E-state index contributed by atoms with van der Waals surface area (Å²) in [4.78, 5) is 12.4. The summed E-state index contributed by atoms with van der Waals surface area (Å²) in [6.07, 6.45) is 0.706. The first-order valence-electron chi connectivity index (χ1n) is 9.02. The maximum absolute atomic E-state index is 12.4. The first-order valence-corrected chi connectivity index (χ1v) is 9.02. The van der Waals surface area contributed by atoms with Gasteiger partial charge in [0, 0.05) is 18.2 Å². The molecular formula is C23H23NO4. The first-order chi connectivity index (χ1) is 13.6. The zero-order valence-corrected chi connectivity index (χ0v) is 15.9. The Kier molecular flexibility index (Phi) is 6.17. The molecule has 3 aromatic carbocycles. The average molecular weight is 377 g/mol. The SMILES string of the molecule is COc1ccccc1CCOc1cccc(NC(=O)c2ccc(C)cc2O)c1. The van der Waals surface area contributed by atoms with Gasteiger partial charge >= 0.3 is 0 Å². The lowest BCUT2D eigenvalue weighted by molar-refractivity contribution is 0.102. The predicted octanol–water partition coefficient (Wildman–Crippen LogP) is 4.58. The molecule has 0 aromatic heterocycles. The third kappa shape index (κ3) is 4.82. The highest BCUT2D eigenvalue weighted by atomic mass is 16.5. The molecule has 0 heterocycles. The van der Waals surface area contributed by atoms with Crippen molar-refractivity contribution in [2.45, 2.75) is 13.3 Å². The van der Waals surface area contributed by atoms with E-state index in [1.165, 1.54) is 0 Å². The van der Waals surface area contributed by atoms with E-state index in [0.29, 0.717) is 24.5 Å². The van der Waals surface area contributed by atoms with Gasteiger partial charge in [0.15, 0.2) is 0 Å². The van der Waals surface area contributed by atoms with Gasteiger partial charge in [-0.2, -0.15) is 0 Å². The van der Waals surface area contributed by atoms with Crippen molar-refractivity contribution in [1.29, 1.82) is 0 Å². The summed E-state index contributed by atoms with van der Waals surface area (Å²) >= 11 is 0. The zero-order valence-electron chi connectivity index (χ0n) is 15.9. The van der Waals surface area contributed by atoms with Crippen LogP contribution in [-0.2, 0) is 6.42 Å². The van der Waals surface area contributed by atoms with Crippen LogP contribution in [0, 0.1) is 6.92 Å². The van der Waals surface area contributed by atoms with Crippen LogP contribution in [0.25, 0.3) is 0 Å². The Morgan fingerprint density at radius 2 is 1.86 bits per heavy atom. The molecule has 1 amide bonds. The summed E-state index contributed by atoms with van der Waals surface area (Å²) in [6, 6.07) is 20.0. The molecule has 2 N–H and O–H groups in total. The number of ether oxygens (including phenoxy) is 2. The normalized spacial score (nSPS) is 10.4. The monoisotopic (exact) mass is 377 g/mol. The molecule has 0 unspecified atom stereocenters. The van der Waals surface area contributed by atoms with Crippen molar-refractivity contribution >= 4 is 11.6 Å². The van der Waals surface area contributed by atoms with Gasteiger partial charge in [-0.05, 0) is 48.4 Å². The van der Waals surface area contributed by atoms with Crippen LogP contribution < -0.4 is 14.8 Å². The molecule has 0 aliphatic rings. The van der Waals surface area contributed by atoms with Gasteiger partial charge < -0.3 is 19.9 Å². The van der Waals surface area contributed by atoms with Crippen molar-refractivity contribution < 1.29 is 19.4 Å². The Morgan fingerprint density at radius 1 is 1.04 bits per heavy atom. The largest absolute Gasteiger partial charge is 0.507 e. The number of methoxy groups -OCH3 is 1. The fourth-order valence-corrected chi connectivity index (χ4v) is 2.88. The third-order valence-electron chi connectivity index (χ3n) is 4.32. The number of amides is 1. The second-order valence-corrected chi connectivity index (χ2v) is 6.41. The minimum Gasteiger partial charge on any atom is -0.507 e. The summed E-state index contributed by atoms with van der Waals surface area (Å²) in [5.74, 6) is 1.08.